The zero-order valence-electron chi connectivity index (χ0n) is 19.1. The summed E-state index contributed by atoms with van der Waals surface area (Å²) in [6, 6.07) is -0.138. The third-order valence-electron chi connectivity index (χ3n) is 5.77. The maximum Gasteiger partial charge on any atom is 0.326 e. The number of guanidine groups is 1. The molecule has 2 heterocycles. The first-order chi connectivity index (χ1) is 16.7. The van der Waals surface area contributed by atoms with Crippen LogP contribution in [0.4, 0.5) is 29.6 Å². The summed E-state index contributed by atoms with van der Waals surface area (Å²) in [4.78, 5) is 37.5. The molecule has 7 N–H and O–H groups in total. The van der Waals surface area contributed by atoms with Gasteiger partial charge in [-0.1, -0.05) is 6.42 Å². The van der Waals surface area contributed by atoms with Gasteiger partial charge in [0.2, 0.25) is 5.95 Å². The van der Waals surface area contributed by atoms with Gasteiger partial charge in [-0.3, -0.25) is 20.1 Å². The molecule has 0 atom stereocenters. The van der Waals surface area contributed by atoms with Gasteiger partial charge in [-0.2, -0.15) is 0 Å². The van der Waals surface area contributed by atoms with Crippen molar-refractivity contribution in [1.82, 2.24) is 14.9 Å². The van der Waals surface area contributed by atoms with Gasteiger partial charge in [-0.25, -0.2) is 22.9 Å². The standard InChI is InChI=1S/C22H29F3N8O2/c23-15-10-17(25)18(11-16(15)24)30-22(35)32-21-29-12-14(19(34)31-21)13-4-8-33(9-5-13)7-3-1-2-6-28-20(26)27/h10-13H,1-9H2,(H4,26,27,28)(H3,29,30,31,32,34,35). The Balaban J connectivity index is 1.46. The number of anilines is 2. The molecule has 3 rings (SSSR count). The number of nitrogens with one attached hydrogen (secondary N) is 3. The Kier molecular flexibility index (Phi) is 9.06. The van der Waals surface area contributed by atoms with Crippen LogP contribution < -0.4 is 27.7 Å². The van der Waals surface area contributed by atoms with Crippen molar-refractivity contribution in [2.75, 3.05) is 36.8 Å². The van der Waals surface area contributed by atoms with Crippen molar-refractivity contribution in [1.29, 1.82) is 0 Å². The fraction of sp³-hybridized carbons (Fsp3) is 0.455. The van der Waals surface area contributed by atoms with E-state index >= 15 is 0 Å². The first-order valence-corrected chi connectivity index (χ1v) is 11.3. The molecule has 1 fully saturated rings. The average Bonchev–Trinajstić information content (AvgIpc) is 2.80. The molecule has 0 unspecified atom stereocenters. The lowest BCUT2D eigenvalue weighted by Gasteiger charge is -2.31. The van der Waals surface area contributed by atoms with Crippen molar-refractivity contribution in [2.45, 2.75) is 38.0 Å². The van der Waals surface area contributed by atoms with Crippen LogP contribution in [-0.4, -0.2) is 53.0 Å². The van der Waals surface area contributed by atoms with Gasteiger partial charge >= 0.3 is 6.03 Å². The number of aromatic amines is 1. The van der Waals surface area contributed by atoms with Crippen LogP contribution in [0.1, 0.15) is 43.6 Å². The van der Waals surface area contributed by atoms with Gasteiger partial charge in [0.1, 0.15) is 5.82 Å². The van der Waals surface area contributed by atoms with Crippen LogP contribution in [0.15, 0.2) is 28.1 Å². The number of urea groups is 1. The number of nitrogens with two attached hydrogens (primary N) is 2. The molecular weight excluding hydrogens is 465 g/mol. The van der Waals surface area contributed by atoms with Crippen molar-refractivity contribution in [3.05, 3.63) is 51.7 Å². The summed E-state index contributed by atoms with van der Waals surface area (Å²) < 4.78 is 40.0. The number of halogens is 3. The molecule has 0 radical (unpaired) electrons. The predicted molar refractivity (Wildman–Crippen MR) is 127 cm³/mol. The van der Waals surface area contributed by atoms with Gasteiger partial charge in [0.05, 0.1) is 5.69 Å². The Bertz CT molecular complexity index is 1110. The van der Waals surface area contributed by atoms with Crippen LogP contribution in [0.2, 0.25) is 0 Å². The molecule has 13 heteroatoms. The van der Waals surface area contributed by atoms with Crippen molar-refractivity contribution in [2.24, 2.45) is 16.5 Å². The number of nitrogens with zero attached hydrogens (tertiary/aromatic N) is 3. The number of likely N-dealkylation sites (tertiary alicyclic amines) is 1. The Morgan fingerprint density at radius 2 is 1.80 bits per heavy atom. The largest absolute Gasteiger partial charge is 0.370 e. The SMILES string of the molecule is NC(N)=NCCCCCN1CCC(c2cnc(NC(=O)Nc3cc(F)c(F)cc3F)[nH]c2=O)CC1. The molecule has 1 aromatic heterocycles. The molecule has 0 saturated carbocycles. The summed E-state index contributed by atoms with van der Waals surface area (Å²) in [5, 5.41) is 4.29. The summed E-state index contributed by atoms with van der Waals surface area (Å²) in [6.07, 6.45) is 6.04. The predicted octanol–water partition coefficient (Wildman–Crippen LogP) is 2.45. The van der Waals surface area contributed by atoms with Gasteiger partial charge in [0.15, 0.2) is 17.6 Å². The van der Waals surface area contributed by atoms with Crippen LogP contribution in [-0.2, 0) is 0 Å². The van der Waals surface area contributed by atoms with E-state index in [2.05, 4.69) is 25.2 Å². The van der Waals surface area contributed by atoms with Gasteiger partial charge < -0.3 is 21.7 Å². The minimum Gasteiger partial charge on any atom is -0.370 e. The molecule has 2 aromatic rings. The fourth-order valence-corrected chi connectivity index (χ4v) is 3.94. The highest BCUT2D eigenvalue weighted by Crippen LogP contribution is 2.26. The number of H-pyrrole nitrogens is 1. The van der Waals surface area contributed by atoms with Crippen LogP contribution in [0, 0.1) is 17.5 Å². The van der Waals surface area contributed by atoms with Crippen molar-refractivity contribution < 1.29 is 18.0 Å². The molecule has 1 aromatic carbocycles. The second-order valence-corrected chi connectivity index (χ2v) is 8.32. The highest BCUT2D eigenvalue weighted by Gasteiger charge is 2.23. The number of carbonyl (C=O) groups is 1. The molecule has 10 nitrogen and oxygen atoms in total. The number of aliphatic imine (C=N–C) groups is 1. The molecule has 0 spiro atoms. The van der Waals surface area contributed by atoms with Crippen LogP contribution in [0.5, 0.6) is 0 Å². The molecule has 190 valence electrons. The van der Waals surface area contributed by atoms with E-state index in [9.17, 15) is 22.8 Å². The smallest absolute Gasteiger partial charge is 0.326 e. The zero-order valence-corrected chi connectivity index (χ0v) is 19.1. The quantitative estimate of drug-likeness (QED) is 0.156. The lowest BCUT2D eigenvalue weighted by molar-refractivity contribution is 0.208. The lowest BCUT2D eigenvalue weighted by atomic mass is 9.91. The van der Waals surface area contributed by atoms with Gasteiger partial charge in [-0.05, 0) is 51.2 Å². The third-order valence-corrected chi connectivity index (χ3v) is 5.77. The molecule has 0 bridgehead atoms. The first kappa shape index (κ1) is 26.0. The molecule has 1 aliphatic rings. The summed E-state index contributed by atoms with van der Waals surface area (Å²) in [5.41, 5.74) is 10.2. The van der Waals surface area contributed by atoms with Gasteiger partial charge in [-0.15, -0.1) is 0 Å². The summed E-state index contributed by atoms with van der Waals surface area (Å²) in [7, 11) is 0. The Labute approximate surface area is 200 Å². The number of hydrogen-bond acceptors (Lipinski definition) is 5. The monoisotopic (exact) mass is 494 g/mol. The number of hydrogen-bond donors (Lipinski definition) is 5. The number of amides is 2. The topological polar surface area (TPSA) is 155 Å². The van der Waals surface area contributed by atoms with E-state index in [1.165, 1.54) is 6.20 Å². The Hall–Kier alpha value is -3.61. The zero-order chi connectivity index (χ0) is 25.4. The normalized spacial score (nSPS) is 14.5. The number of benzene rings is 1. The maximum absolute atomic E-state index is 13.7. The fourth-order valence-electron chi connectivity index (χ4n) is 3.94. The minimum atomic E-state index is -1.37. The summed E-state index contributed by atoms with van der Waals surface area (Å²) in [6.45, 7) is 3.33. The van der Waals surface area contributed by atoms with E-state index in [0.717, 1.165) is 51.7 Å². The summed E-state index contributed by atoms with van der Waals surface area (Å²) >= 11 is 0. The van der Waals surface area contributed by atoms with E-state index in [1.54, 1.807) is 0 Å². The highest BCUT2D eigenvalue weighted by atomic mass is 19.2. The molecule has 1 saturated heterocycles. The molecule has 35 heavy (non-hydrogen) atoms. The van der Waals surface area contributed by atoms with Gasteiger partial charge in [0.25, 0.3) is 5.56 Å². The second kappa shape index (κ2) is 12.2. The lowest BCUT2D eigenvalue weighted by Crippen LogP contribution is -2.35. The number of unbranched alkanes of at least 4 members (excludes halogenated alkanes) is 2. The Morgan fingerprint density at radius 3 is 2.49 bits per heavy atom. The maximum atomic E-state index is 13.7. The van der Waals surface area contributed by atoms with E-state index in [4.69, 9.17) is 11.5 Å². The second-order valence-electron chi connectivity index (χ2n) is 8.32. The van der Waals surface area contributed by atoms with Gasteiger partial charge in [0, 0.05) is 30.4 Å². The van der Waals surface area contributed by atoms with Crippen molar-refractivity contribution in [3.8, 4) is 0 Å². The van der Waals surface area contributed by atoms with Crippen molar-refractivity contribution in [3.63, 3.8) is 0 Å². The first-order valence-electron chi connectivity index (χ1n) is 11.3. The van der Waals surface area contributed by atoms with Crippen LogP contribution >= 0.6 is 0 Å². The highest BCUT2D eigenvalue weighted by molar-refractivity contribution is 5.98. The molecule has 1 aliphatic heterocycles. The van der Waals surface area contributed by atoms with E-state index < -0.39 is 29.2 Å². The minimum absolute atomic E-state index is 0.0449. The van der Waals surface area contributed by atoms with Crippen molar-refractivity contribution >= 4 is 23.6 Å². The third kappa shape index (κ3) is 7.70. The number of aromatic nitrogens is 2. The van der Waals surface area contributed by atoms with E-state index in [1.807, 2.05) is 5.32 Å². The van der Waals surface area contributed by atoms with E-state index in [0.29, 0.717) is 24.2 Å². The number of carbonyl (C=O) groups excluding carboxylic acids is 1. The number of piperidine rings is 1. The average molecular weight is 495 g/mol. The molecule has 2 amide bonds. The van der Waals surface area contributed by atoms with E-state index in [-0.39, 0.29) is 23.4 Å². The molecular formula is C22H29F3N8O2. The number of rotatable bonds is 9. The Morgan fingerprint density at radius 1 is 1.09 bits per heavy atom. The van der Waals surface area contributed by atoms with Crippen LogP contribution in [0.3, 0.4) is 0 Å². The molecule has 0 aliphatic carbocycles. The van der Waals surface area contributed by atoms with Crippen LogP contribution in [0.25, 0.3) is 0 Å². The summed E-state index contributed by atoms with van der Waals surface area (Å²) in [5.74, 6) is -3.83.